The van der Waals surface area contributed by atoms with E-state index in [1.165, 1.54) is 6.20 Å². The number of aliphatic hydroxyl groups is 1. The zero-order valence-corrected chi connectivity index (χ0v) is 10.2. The Kier molecular flexibility index (Phi) is 3.92. The van der Waals surface area contributed by atoms with Crippen molar-refractivity contribution in [2.24, 2.45) is 0 Å². The molecule has 18 heavy (non-hydrogen) atoms. The quantitative estimate of drug-likeness (QED) is 0.836. The topological polar surface area (TPSA) is 62.2 Å². The van der Waals surface area contributed by atoms with Crippen LogP contribution < -0.4 is 5.32 Å². The molecular weight excluding hydrogens is 252 g/mol. The summed E-state index contributed by atoms with van der Waals surface area (Å²) in [6.07, 6.45) is 1.52. The molecule has 2 aromatic rings. The van der Waals surface area contributed by atoms with Crippen LogP contribution in [-0.4, -0.2) is 16.0 Å². The normalized spacial score (nSPS) is 10.1. The molecule has 0 unspecified atom stereocenters. The highest BCUT2D eigenvalue weighted by atomic mass is 35.5. The highest BCUT2D eigenvalue weighted by Gasteiger charge is 2.10. The van der Waals surface area contributed by atoms with Gasteiger partial charge < -0.3 is 10.4 Å². The van der Waals surface area contributed by atoms with Crippen LogP contribution in [0.25, 0.3) is 0 Å². The van der Waals surface area contributed by atoms with Gasteiger partial charge in [0.25, 0.3) is 5.91 Å². The van der Waals surface area contributed by atoms with E-state index in [9.17, 15) is 4.79 Å². The van der Waals surface area contributed by atoms with Gasteiger partial charge in [0.1, 0.15) is 5.15 Å². The van der Waals surface area contributed by atoms with Crippen LogP contribution in [0, 0.1) is 0 Å². The summed E-state index contributed by atoms with van der Waals surface area (Å²) in [5.41, 5.74) is 1.64. The lowest BCUT2D eigenvalue weighted by molar-refractivity contribution is 0.102. The minimum Gasteiger partial charge on any atom is -0.392 e. The van der Waals surface area contributed by atoms with Gasteiger partial charge in [0.2, 0.25) is 0 Å². The Hall–Kier alpha value is -1.91. The monoisotopic (exact) mass is 262 g/mol. The van der Waals surface area contributed by atoms with Gasteiger partial charge in [0.05, 0.1) is 12.2 Å². The number of anilines is 1. The van der Waals surface area contributed by atoms with E-state index in [1.807, 2.05) is 0 Å². The zero-order chi connectivity index (χ0) is 13.0. The Labute approximate surface area is 109 Å². The third-order valence-corrected chi connectivity index (χ3v) is 2.67. The summed E-state index contributed by atoms with van der Waals surface area (Å²) >= 11 is 5.83. The second-order valence-electron chi connectivity index (χ2n) is 3.65. The van der Waals surface area contributed by atoms with E-state index in [-0.39, 0.29) is 17.7 Å². The molecule has 0 fully saturated rings. The fourth-order valence-electron chi connectivity index (χ4n) is 1.50. The lowest BCUT2D eigenvalue weighted by Crippen LogP contribution is -2.13. The lowest BCUT2D eigenvalue weighted by atomic mass is 10.2. The van der Waals surface area contributed by atoms with Crippen LogP contribution in [-0.2, 0) is 6.61 Å². The van der Waals surface area contributed by atoms with E-state index >= 15 is 0 Å². The van der Waals surface area contributed by atoms with Crippen molar-refractivity contribution in [3.8, 4) is 0 Å². The van der Waals surface area contributed by atoms with Crippen LogP contribution in [0.4, 0.5) is 5.69 Å². The molecule has 1 heterocycles. The molecule has 2 N–H and O–H groups in total. The maximum absolute atomic E-state index is 11.9. The number of hydrogen-bond acceptors (Lipinski definition) is 3. The summed E-state index contributed by atoms with van der Waals surface area (Å²) in [6.45, 7) is -0.0721. The minimum absolute atomic E-state index is 0.0721. The summed E-state index contributed by atoms with van der Waals surface area (Å²) in [4.78, 5) is 15.8. The standard InChI is InChI=1S/C13H11ClN2O2/c14-12-11(5-2-6-15-12)13(18)16-10-4-1-3-9(7-10)8-17/h1-7,17H,8H2,(H,16,18). The predicted molar refractivity (Wildman–Crippen MR) is 69.6 cm³/mol. The molecule has 2 rings (SSSR count). The summed E-state index contributed by atoms with van der Waals surface area (Å²) in [5.74, 6) is -0.330. The highest BCUT2D eigenvalue weighted by Crippen LogP contribution is 2.15. The van der Waals surface area contributed by atoms with Crippen molar-refractivity contribution < 1.29 is 9.90 Å². The molecule has 0 aliphatic rings. The lowest BCUT2D eigenvalue weighted by Gasteiger charge is -2.07. The van der Waals surface area contributed by atoms with E-state index in [1.54, 1.807) is 36.4 Å². The van der Waals surface area contributed by atoms with Crippen LogP contribution in [0.3, 0.4) is 0 Å². The average Bonchev–Trinajstić information content (AvgIpc) is 2.39. The average molecular weight is 263 g/mol. The van der Waals surface area contributed by atoms with Gasteiger partial charge in [-0.15, -0.1) is 0 Å². The second kappa shape index (κ2) is 5.62. The molecule has 0 atom stereocenters. The zero-order valence-electron chi connectivity index (χ0n) is 9.43. The van der Waals surface area contributed by atoms with Gasteiger partial charge >= 0.3 is 0 Å². The number of nitrogens with zero attached hydrogens (tertiary/aromatic N) is 1. The first kappa shape index (κ1) is 12.5. The number of pyridine rings is 1. The number of carbonyl (C=O) groups excluding carboxylic acids is 1. The molecule has 92 valence electrons. The number of aromatic nitrogens is 1. The second-order valence-corrected chi connectivity index (χ2v) is 4.01. The fraction of sp³-hybridized carbons (Fsp3) is 0.0769. The molecule has 0 aliphatic heterocycles. The first-order valence-corrected chi connectivity index (χ1v) is 5.70. The third kappa shape index (κ3) is 2.85. The van der Waals surface area contributed by atoms with Crippen LogP contribution in [0.5, 0.6) is 0 Å². The molecule has 1 aromatic carbocycles. The van der Waals surface area contributed by atoms with Gasteiger partial charge in [-0.1, -0.05) is 23.7 Å². The van der Waals surface area contributed by atoms with Crippen LogP contribution in [0.1, 0.15) is 15.9 Å². The summed E-state index contributed by atoms with van der Waals surface area (Å²) in [7, 11) is 0. The van der Waals surface area contributed by atoms with Crippen molar-refractivity contribution in [2.75, 3.05) is 5.32 Å². The summed E-state index contributed by atoms with van der Waals surface area (Å²) in [5, 5.41) is 11.9. The third-order valence-electron chi connectivity index (χ3n) is 2.37. The number of aliphatic hydroxyl groups excluding tert-OH is 1. The van der Waals surface area contributed by atoms with Crippen molar-refractivity contribution in [3.63, 3.8) is 0 Å². The Morgan fingerprint density at radius 2 is 2.17 bits per heavy atom. The predicted octanol–water partition coefficient (Wildman–Crippen LogP) is 2.48. The smallest absolute Gasteiger partial charge is 0.258 e. The molecule has 0 saturated heterocycles. The van der Waals surface area contributed by atoms with Crippen molar-refractivity contribution in [3.05, 3.63) is 58.9 Å². The SMILES string of the molecule is O=C(Nc1cccc(CO)c1)c1cccnc1Cl. The van der Waals surface area contributed by atoms with Crippen LogP contribution in [0.2, 0.25) is 5.15 Å². The first-order valence-electron chi connectivity index (χ1n) is 5.32. The Morgan fingerprint density at radius 3 is 2.89 bits per heavy atom. The Bertz CT molecular complexity index is 572. The van der Waals surface area contributed by atoms with Gasteiger partial charge in [-0.3, -0.25) is 4.79 Å². The molecule has 0 aliphatic carbocycles. The highest BCUT2D eigenvalue weighted by molar-refractivity contribution is 6.33. The number of halogens is 1. The molecule has 0 radical (unpaired) electrons. The summed E-state index contributed by atoms with van der Waals surface area (Å²) in [6, 6.07) is 10.2. The van der Waals surface area contributed by atoms with E-state index in [4.69, 9.17) is 16.7 Å². The Morgan fingerprint density at radius 1 is 1.33 bits per heavy atom. The number of hydrogen-bond donors (Lipinski definition) is 2. The molecule has 0 bridgehead atoms. The number of benzene rings is 1. The van der Waals surface area contributed by atoms with Gasteiger partial charge in [0.15, 0.2) is 0 Å². The molecule has 0 saturated carbocycles. The molecule has 4 nitrogen and oxygen atoms in total. The van der Waals surface area contributed by atoms with E-state index in [0.29, 0.717) is 11.3 Å². The number of rotatable bonds is 3. The van der Waals surface area contributed by atoms with Crippen molar-refractivity contribution in [2.45, 2.75) is 6.61 Å². The fourth-order valence-corrected chi connectivity index (χ4v) is 1.71. The maximum atomic E-state index is 11.9. The van der Waals surface area contributed by atoms with Crippen molar-refractivity contribution >= 4 is 23.2 Å². The van der Waals surface area contributed by atoms with Gasteiger partial charge in [0, 0.05) is 11.9 Å². The van der Waals surface area contributed by atoms with Crippen LogP contribution in [0.15, 0.2) is 42.6 Å². The van der Waals surface area contributed by atoms with Crippen molar-refractivity contribution in [1.29, 1.82) is 0 Å². The van der Waals surface area contributed by atoms with E-state index in [0.717, 1.165) is 5.56 Å². The number of nitrogens with one attached hydrogen (secondary N) is 1. The summed E-state index contributed by atoms with van der Waals surface area (Å²) < 4.78 is 0. The molecule has 0 spiro atoms. The van der Waals surface area contributed by atoms with E-state index in [2.05, 4.69) is 10.3 Å². The van der Waals surface area contributed by atoms with E-state index < -0.39 is 0 Å². The maximum Gasteiger partial charge on any atom is 0.258 e. The first-order chi connectivity index (χ1) is 8.70. The molecule has 1 amide bonds. The molecule has 5 heteroatoms. The Balaban J connectivity index is 2.19. The molecule has 1 aromatic heterocycles. The van der Waals surface area contributed by atoms with Gasteiger partial charge in [-0.2, -0.15) is 0 Å². The number of amides is 1. The molecular formula is C13H11ClN2O2. The minimum atomic E-state index is -0.330. The largest absolute Gasteiger partial charge is 0.392 e. The van der Waals surface area contributed by atoms with Gasteiger partial charge in [-0.25, -0.2) is 4.98 Å². The van der Waals surface area contributed by atoms with Crippen LogP contribution >= 0.6 is 11.6 Å². The number of carbonyl (C=O) groups is 1. The van der Waals surface area contributed by atoms with Crippen molar-refractivity contribution in [1.82, 2.24) is 4.98 Å². The van der Waals surface area contributed by atoms with Gasteiger partial charge in [-0.05, 0) is 29.8 Å².